The molecule has 4 rings (SSSR count). The second-order valence-corrected chi connectivity index (χ2v) is 7.09. The number of ketones is 1. The van der Waals surface area contributed by atoms with E-state index in [-0.39, 0.29) is 18.0 Å². The Morgan fingerprint density at radius 1 is 1.24 bits per heavy atom. The lowest BCUT2D eigenvalue weighted by molar-refractivity contribution is 0.0983. The highest BCUT2D eigenvalue weighted by Gasteiger charge is 2.25. The maximum absolute atomic E-state index is 13.9. The zero-order chi connectivity index (χ0) is 20.4. The van der Waals surface area contributed by atoms with Gasteiger partial charge in [0.05, 0.1) is 5.56 Å². The summed E-state index contributed by atoms with van der Waals surface area (Å²) in [6.07, 6.45) is 5.49. The van der Waals surface area contributed by atoms with Crippen LogP contribution < -0.4 is 0 Å². The highest BCUT2D eigenvalue weighted by Crippen LogP contribution is 2.40. The SMILES string of the molecule is C=C(CCC(=O)c1cc(F)cc(C2CC2)c1)c1ncnn1-c1ccc(C#N)cn1. The minimum absolute atomic E-state index is 0.130. The number of benzene rings is 1. The fourth-order valence-corrected chi connectivity index (χ4v) is 3.17. The lowest BCUT2D eigenvalue weighted by atomic mass is 9.99. The summed E-state index contributed by atoms with van der Waals surface area (Å²) < 4.78 is 15.4. The molecule has 1 aromatic carbocycles. The van der Waals surface area contributed by atoms with Gasteiger partial charge in [0.1, 0.15) is 18.2 Å². The van der Waals surface area contributed by atoms with Gasteiger partial charge in [0.25, 0.3) is 0 Å². The molecule has 0 N–H and O–H groups in total. The number of carbonyl (C=O) groups is 1. The van der Waals surface area contributed by atoms with E-state index in [1.54, 1.807) is 18.2 Å². The van der Waals surface area contributed by atoms with Crippen molar-refractivity contribution in [2.45, 2.75) is 31.6 Å². The van der Waals surface area contributed by atoms with Gasteiger partial charge in [-0.2, -0.15) is 15.0 Å². The Labute approximate surface area is 167 Å². The van der Waals surface area contributed by atoms with Gasteiger partial charge in [-0.3, -0.25) is 4.79 Å². The molecule has 0 aliphatic heterocycles. The second-order valence-electron chi connectivity index (χ2n) is 7.09. The van der Waals surface area contributed by atoms with Crippen molar-refractivity contribution in [2.24, 2.45) is 0 Å². The molecular weight excluding hydrogens is 369 g/mol. The van der Waals surface area contributed by atoms with Crippen molar-refractivity contribution in [1.29, 1.82) is 5.26 Å². The van der Waals surface area contributed by atoms with Gasteiger partial charge < -0.3 is 0 Å². The predicted octanol–water partition coefficient (Wildman–Crippen LogP) is 4.23. The fourth-order valence-electron chi connectivity index (χ4n) is 3.17. The molecule has 0 atom stereocenters. The summed E-state index contributed by atoms with van der Waals surface area (Å²) >= 11 is 0. The number of Topliss-reactive ketones (excluding diaryl/α,β-unsaturated/α-hetero) is 1. The van der Waals surface area contributed by atoms with Crippen LogP contribution in [0.15, 0.2) is 49.4 Å². The summed E-state index contributed by atoms with van der Waals surface area (Å²) in [6, 6.07) is 9.93. The summed E-state index contributed by atoms with van der Waals surface area (Å²) in [5.74, 6) is 0.875. The molecule has 144 valence electrons. The Hall–Kier alpha value is -3.66. The molecule has 0 radical (unpaired) electrons. The molecule has 0 unspecified atom stereocenters. The summed E-state index contributed by atoms with van der Waals surface area (Å²) in [7, 11) is 0. The van der Waals surface area contributed by atoms with Crippen LogP contribution in [0.1, 0.15) is 58.9 Å². The van der Waals surface area contributed by atoms with Crippen LogP contribution in [0.2, 0.25) is 0 Å². The first kappa shape index (κ1) is 18.7. The number of halogens is 1. The first-order valence-corrected chi connectivity index (χ1v) is 9.33. The molecule has 6 nitrogen and oxygen atoms in total. The largest absolute Gasteiger partial charge is 0.294 e. The van der Waals surface area contributed by atoms with Crippen molar-refractivity contribution in [3.8, 4) is 11.9 Å². The van der Waals surface area contributed by atoms with Crippen molar-refractivity contribution in [2.75, 3.05) is 0 Å². The Bertz CT molecular complexity index is 1120. The zero-order valence-electron chi connectivity index (χ0n) is 15.7. The van der Waals surface area contributed by atoms with Crippen molar-refractivity contribution in [3.63, 3.8) is 0 Å². The van der Waals surface area contributed by atoms with E-state index >= 15 is 0 Å². The number of aromatic nitrogens is 4. The lowest BCUT2D eigenvalue weighted by Crippen LogP contribution is -2.06. The maximum atomic E-state index is 13.9. The highest BCUT2D eigenvalue weighted by atomic mass is 19.1. The van der Waals surface area contributed by atoms with Crippen molar-refractivity contribution < 1.29 is 9.18 Å². The summed E-state index contributed by atoms with van der Waals surface area (Å²) in [5.41, 5.74) is 2.37. The molecule has 1 saturated carbocycles. The molecule has 2 heterocycles. The minimum atomic E-state index is -0.372. The van der Waals surface area contributed by atoms with Crippen LogP contribution in [0.5, 0.6) is 0 Å². The zero-order valence-corrected chi connectivity index (χ0v) is 15.7. The Morgan fingerprint density at radius 2 is 2.07 bits per heavy atom. The first-order valence-electron chi connectivity index (χ1n) is 9.33. The quantitative estimate of drug-likeness (QED) is 0.567. The van der Waals surface area contributed by atoms with Gasteiger partial charge in [0.15, 0.2) is 17.4 Å². The van der Waals surface area contributed by atoms with Gasteiger partial charge in [-0.05, 0) is 66.6 Å². The number of nitrogens with zero attached hydrogens (tertiary/aromatic N) is 5. The molecule has 3 aromatic rings. The first-order chi connectivity index (χ1) is 14.0. The number of nitriles is 1. The molecule has 0 spiro atoms. The third-order valence-electron chi connectivity index (χ3n) is 4.90. The van der Waals surface area contributed by atoms with E-state index in [0.29, 0.717) is 40.7 Å². The number of hydrogen-bond donors (Lipinski definition) is 0. The summed E-state index contributed by atoms with van der Waals surface area (Å²) in [6.45, 7) is 4.03. The van der Waals surface area contributed by atoms with Gasteiger partial charge in [0.2, 0.25) is 0 Å². The van der Waals surface area contributed by atoms with Crippen LogP contribution in [0.25, 0.3) is 11.4 Å². The van der Waals surface area contributed by atoms with Crippen LogP contribution in [0.4, 0.5) is 4.39 Å². The number of pyridine rings is 1. The Balaban J connectivity index is 1.46. The highest BCUT2D eigenvalue weighted by molar-refractivity contribution is 5.97. The molecule has 1 aliphatic carbocycles. The van der Waals surface area contributed by atoms with Gasteiger partial charge in [0, 0.05) is 18.2 Å². The molecule has 29 heavy (non-hydrogen) atoms. The molecule has 1 fully saturated rings. The average molecular weight is 387 g/mol. The fraction of sp³-hybridized carbons (Fsp3) is 0.227. The predicted molar refractivity (Wildman–Crippen MR) is 105 cm³/mol. The third kappa shape index (κ3) is 4.11. The topological polar surface area (TPSA) is 84.5 Å². The van der Waals surface area contributed by atoms with Crippen LogP contribution >= 0.6 is 0 Å². The van der Waals surface area contributed by atoms with E-state index in [2.05, 4.69) is 21.6 Å². The van der Waals surface area contributed by atoms with Gasteiger partial charge in [-0.15, -0.1) is 0 Å². The molecule has 2 aromatic heterocycles. The van der Waals surface area contributed by atoms with Crippen LogP contribution in [0.3, 0.4) is 0 Å². The van der Waals surface area contributed by atoms with Crippen molar-refractivity contribution in [3.05, 3.63) is 77.8 Å². The van der Waals surface area contributed by atoms with E-state index in [0.717, 1.165) is 18.4 Å². The minimum Gasteiger partial charge on any atom is -0.294 e. The van der Waals surface area contributed by atoms with Crippen molar-refractivity contribution >= 4 is 11.4 Å². The van der Waals surface area contributed by atoms with Crippen LogP contribution in [0, 0.1) is 17.1 Å². The molecule has 0 saturated heterocycles. The number of rotatable bonds is 7. The lowest BCUT2D eigenvalue weighted by Gasteiger charge is -2.08. The van der Waals surface area contributed by atoms with Gasteiger partial charge in [-0.25, -0.2) is 14.4 Å². The van der Waals surface area contributed by atoms with E-state index in [9.17, 15) is 9.18 Å². The molecule has 0 amide bonds. The van der Waals surface area contributed by atoms with E-state index in [4.69, 9.17) is 5.26 Å². The second kappa shape index (κ2) is 7.76. The van der Waals surface area contributed by atoms with Crippen molar-refractivity contribution in [1.82, 2.24) is 19.7 Å². The maximum Gasteiger partial charge on any atom is 0.163 e. The Kier molecular flexibility index (Phi) is 5.00. The number of carbonyl (C=O) groups excluding carboxylic acids is 1. The van der Waals surface area contributed by atoms with Crippen LogP contribution in [-0.4, -0.2) is 25.5 Å². The normalized spacial score (nSPS) is 13.1. The smallest absolute Gasteiger partial charge is 0.163 e. The Morgan fingerprint density at radius 3 is 2.76 bits per heavy atom. The number of allylic oxidation sites excluding steroid dienone is 1. The van der Waals surface area contributed by atoms with E-state index < -0.39 is 0 Å². The molecular formula is C22H18FN5O. The monoisotopic (exact) mass is 387 g/mol. The van der Waals surface area contributed by atoms with Crippen LogP contribution in [-0.2, 0) is 0 Å². The van der Waals surface area contributed by atoms with E-state index in [1.165, 1.54) is 29.3 Å². The van der Waals surface area contributed by atoms with Gasteiger partial charge >= 0.3 is 0 Å². The molecule has 1 aliphatic rings. The standard InChI is InChI=1S/C22H18FN5O/c1-14(22-26-13-27-28(22)21-7-3-15(11-24)12-25-21)2-6-20(29)18-8-17(16-4-5-16)9-19(23)10-18/h3,7-10,12-13,16H,1-2,4-6H2. The van der Waals surface area contributed by atoms with E-state index in [1.807, 2.05) is 6.07 Å². The number of hydrogen-bond acceptors (Lipinski definition) is 5. The van der Waals surface area contributed by atoms with Gasteiger partial charge in [-0.1, -0.05) is 6.58 Å². The molecule has 0 bridgehead atoms. The summed E-state index contributed by atoms with van der Waals surface area (Å²) in [5, 5.41) is 13.1. The third-order valence-corrected chi connectivity index (χ3v) is 4.90. The molecule has 7 heteroatoms. The summed E-state index contributed by atoms with van der Waals surface area (Å²) in [4.78, 5) is 21.0. The average Bonchev–Trinajstić information content (AvgIpc) is 3.48.